The third kappa shape index (κ3) is 8.71. The first-order chi connectivity index (χ1) is 20.1. The molecule has 1 aromatic carbocycles. The largest absolute Gasteiger partial charge is 0.449 e. The van der Waals surface area contributed by atoms with Crippen molar-refractivity contribution < 1.29 is 38.2 Å². The van der Waals surface area contributed by atoms with E-state index in [9.17, 15) is 28.7 Å². The first kappa shape index (κ1) is 31.4. The van der Waals surface area contributed by atoms with Crippen LogP contribution in [0, 0.1) is 0 Å². The zero-order valence-electron chi connectivity index (χ0n) is 23.6. The van der Waals surface area contributed by atoms with Crippen LogP contribution in [0.3, 0.4) is 0 Å². The SMILES string of the molecule is CCCCOC(=O)N1CCN(C(=O)[C@H](CP(=O)(O)O)NC(=O)c2cc(N3CCOCC3)nc(-c3ccccc3)n2)CC1. The number of hydrogen-bond acceptors (Lipinski definition) is 9. The number of aromatic nitrogens is 2. The summed E-state index contributed by atoms with van der Waals surface area (Å²) in [6, 6.07) is 9.08. The first-order valence-corrected chi connectivity index (χ1v) is 15.8. The van der Waals surface area contributed by atoms with E-state index < -0.39 is 37.7 Å². The zero-order chi connectivity index (χ0) is 30.1. The van der Waals surface area contributed by atoms with E-state index in [4.69, 9.17) is 9.47 Å². The molecule has 0 spiro atoms. The fraction of sp³-hybridized carbons (Fsp3) is 0.519. The van der Waals surface area contributed by atoms with Crippen LogP contribution in [0.1, 0.15) is 30.3 Å². The highest BCUT2D eigenvalue weighted by atomic mass is 31.2. The van der Waals surface area contributed by atoms with Crippen molar-refractivity contribution in [1.82, 2.24) is 25.1 Å². The van der Waals surface area contributed by atoms with Crippen LogP contribution in [0.15, 0.2) is 36.4 Å². The molecule has 2 aliphatic heterocycles. The molecule has 2 saturated heterocycles. The van der Waals surface area contributed by atoms with Gasteiger partial charge >= 0.3 is 13.7 Å². The Bertz CT molecular complexity index is 1280. The number of nitrogens with zero attached hydrogens (tertiary/aromatic N) is 5. The molecule has 3 amide bonds. The van der Waals surface area contributed by atoms with Crippen molar-refractivity contribution in [2.24, 2.45) is 0 Å². The molecule has 2 aliphatic rings. The van der Waals surface area contributed by atoms with Gasteiger partial charge in [0.1, 0.15) is 17.6 Å². The maximum absolute atomic E-state index is 13.5. The minimum atomic E-state index is -4.71. The van der Waals surface area contributed by atoms with E-state index in [1.54, 1.807) is 12.1 Å². The van der Waals surface area contributed by atoms with Crippen LogP contribution >= 0.6 is 7.60 Å². The quantitative estimate of drug-likeness (QED) is 0.264. The molecule has 0 unspecified atom stereocenters. The summed E-state index contributed by atoms with van der Waals surface area (Å²) in [7, 11) is -4.71. The predicted molar refractivity (Wildman–Crippen MR) is 153 cm³/mol. The van der Waals surface area contributed by atoms with Gasteiger partial charge in [-0.05, 0) is 6.42 Å². The Morgan fingerprint density at radius 2 is 1.69 bits per heavy atom. The Morgan fingerprint density at radius 3 is 2.33 bits per heavy atom. The third-order valence-corrected chi connectivity index (χ3v) is 7.75. The summed E-state index contributed by atoms with van der Waals surface area (Å²) in [5.74, 6) is -0.632. The number of rotatable bonds is 10. The molecular formula is C27H37N6O8P. The lowest BCUT2D eigenvalue weighted by Gasteiger charge is -2.36. The number of anilines is 1. The van der Waals surface area contributed by atoms with E-state index in [-0.39, 0.29) is 31.9 Å². The van der Waals surface area contributed by atoms with Gasteiger partial charge < -0.3 is 39.3 Å². The van der Waals surface area contributed by atoms with Gasteiger partial charge in [0.15, 0.2) is 5.82 Å². The molecule has 3 N–H and O–H groups in total. The van der Waals surface area contributed by atoms with Crippen molar-refractivity contribution in [3.05, 3.63) is 42.1 Å². The average Bonchev–Trinajstić information content (AvgIpc) is 3.00. The van der Waals surface area contributed by atoms with E-state index in [0.29, 0.717) is 50.1 Å². The van der Waals surface area contributed by atoms with Crippen molar-refractivity contribution in [2.75, 3.05) is 70.2 Å². The van der Waals surface area contributed by atoms with Crippen molar-refractivity contribution in [3.8, 4) is 11.4 Å². The Hall–Kier alpha value is -3.58. The minimum Gasteiger partial charge on any atom is -0.449 e. The summed E-state index contributed by atoms with van der Waals surface area (Å²) in [5.41, 5.74) is 0.629. The molecule has 3 heterocycles. The monoisotopic (exact) mass is 604 g/mol. The van der Waals surface area contributed by atoms with Gasteiger partial charge in [-0.25, -0.2) is 14.8 Å². The standard InChI is InChI=1S/C27H37N6O8P/c1-2-3-15-41-27(36)33-11-9-32(10-12-33)26(35)22(19-42(37,38)39)29-25(34)21-18-23(31-13-16-40-17-14-31)30-24(28-21)20-7-5-4-6-8-20/h4-8,18,22H,2-3,9-17,19H2,1H3,(H,29,34)(H2,37,38,39)/t22-/m0/s1. The molecule has 15 heteroatoms. The van der Waals surface area contributed by atoms with E-state index in [0.717, 1.165) is 12.8 Å². The highest BCUT2D eigenvalue weighted by Crippen LogP contribution is 2.35. The van der Waals surface area contributed by atoms with Gasteiger partial charge in [0, 0.05) is 50.9 Å². The number of benzene rings is 1. The lowest BCUT2D eigenvalue weighted by atomic mass is 10.2. The van der Waals surface area contributed by atoms with Crippen LogP contribution in [-0.4, -0.2) is 119 Å². The Kier molecular flexibility index (Phi) is 10.9. The number of unbranched alkanes of at least 4 members (excludes halogenated alkanes) is 1. The molecule has 0 saturated carbocycles. The average molecular weight is 605 g/mol. The van der Waals surface area contributed by atoms with Crippen molar-refractivity contribution in [2.45, 2.75) is 25.8 Å². The summed E-state index contributed by atoms with van der Waals surface area (Å²) in [5, 5.41) is 2.50. The molecule has 2 aromatic rings. The molecule has 0 aliphatic carbocycles. The lowest BCUT2D eigenvalue weighted by molar-refractivity contribution is -0.134. The maximum atomic E-state index is 13.5. The van der Waals surface area contributed by atoms with E-state index in [1.807, 2.05) is 30.0 Å². The van der Waals surface area contributed by atoms with Gasteiger partial charge in [-0.1, -0.05) is 43.7 Å². The maximum Gasteiger partial charge on any atom is 0.409 e. The fourth-order valence-corrected chi connectivity index (χ4v) is 5.33. The molecule has 42 heavy (non-hydrogen) atoms. The molecule has 4 rings (SSSR count). The molecule has 2 fully saturated rings. The number of carbonyl (C=O) groups is 3. The number of carbonyl (C=O) groups excluding carboxylic acids is 3. The number of hydrogen-bond donors (Lipinski definition) is 3. The molecule has 14 nitrogen and oxygen atoms in total. The summed E-state index contributed by atoms with van der Waals surface area (Å²) >= 11 is 0. The summed E-state index contributed by atoms with van der Waals surface area (Å²) < 4.78 is 22.6. The topological polar surface area (TPSA) is 175 Å². The number of amides is 3. The van der Waals surface area contributed by atoms with Gasteiger partial charge in [0.05, 0.1) is 26.0 Å². The predicted octanol–water partition coefficient (Wildman–Crippen LogP) is 1.34. The van der Waals surface area contributed by atoms with E-state index in [2.05, 4.69) is 15.3 Å². The van der Waals surface area contributed by atoms with Crippen LogP contribution in [0.25, 0.3) is 11.4 Å². The van der Waals surface area contributed by atoms with Crippen LogP contribution in [0.4, 0.5) is 10.6 Å². The van der Waals surface area contributed by atoms with Crippen LogP contribution in [0.5, 0.6) is 0 Å². The zero-order valence-corrected chi connectivity index (χ0v) is 24.4. The summed E-state index contributed by atoms with van der Waals surface area (Å²) in [6.07, 6.45) is 0.286. The molecule has 0 bridgehead atoms. The molecule has 0 radical (unpaired) electrons. The highest BCUT2D eigenvalue weighted by Gasteiger charge is 2.35. The third-order valence-electron chi connectivity index (χ3n) is 6.91. The normalized spacial score (nSPS) is 16.6. The molecule has 1 aromatic heterocycles. The lowest BCUT2D eigenvalue weighted by Crippen LogP contribution is -2.56. The summed E-state index contributed by atoms with van der Waals surface area (Å²) in [6.45, 7) is 5.06. The highest BCUT2D eigenvalue weighted by molar-refractivity contribution is 7.51. The van der Waals surface area contributed by atoms with Gasteiger partial charge in [-0.2, -0.15) is 0 Å². The van der Waals surface area contributed by atoms with Gasteiger partial charge in [-0.3, -0.25) is 14.2 Å². The molecular weight excluding hydrogens is 567 g/mol. The van der Waals surface area contributed by atoms with Crippen LogP contribution in [0.2, 0.25) is 0 Å². The first-order valence-electron chi connectivity index (χ1n) is 14.0. The fourth-order valence-electron chi connectivity index (χ4n) is 4.60. The number of ether oxygens (including phenoxy) is 2. The van der Waals surface area contributed by atoms with E-state index >= 15 is 0 Å². The molecule has 228 valence electrons. The Labute approximate surface area is 244 Å². The number of piperazine rings is 1. The number of morpholine rings is 1. The Balaban J connectivity index is 1.51. The number of nitrogens with one attached hydrogen (secondary N) is 1. The molecule has 1 atom stereocenters. The second-order valence-corrected chi connectivity index (χ2v) is 11.7. The van der Waals surface area contributed by atoms with E-state index in [1.165, 1.54) is 15.9 Å². The van der Waals surface area contributed by atoms with Crippen LogP contribution < -0.4 is 10.2 Å². The van der Waals surface area contributed by atoms with Crippen molar-refractivity contribution >= 4 is 31.3 Å². The van der Waals surface area contributed by atoms with Gasteiger partial charge in [-0.15, -0.1) is 0 Å². The van der Waals surface area contributed by atoms with Crippen molar-refractivity contribution in [1.29, 1.82) is 0 Å². The summed E-state index contributed by atoms with van der Waals surface area (Å²) in [4.78, 5) is 72.5. The van der Waals surface area contributed by atoms with Gasteiger partial charge in [0.2, 0.25) is 5.91 Å². The van der Waals surface area contributed by atoms with Gasteiger partial charge in [0.25, 0.3) is 5.91 Å². The van der Waals surface area contributed by atoms with Crippen LogP contribution in [-0.2, 0) is 18.8 Å². The smallest absolute Gasteiger partial charge is 0.409 e. The second-order valence-electron chi connectivity index (χ2n) is 10.1. The Morgan fingerprint density at radius 1 is 1.02 bits per heavy atom. The minimum absolute atomic E-state index is 0.0477. The van der Waals surface area contributed by atoms with Crippen molar-refractivity contribution in [3.63, 3.8) is 0 Å². The second kappa shape index (κ2) is 14.5.